The number of carbonyl (C=O) groups is 1. The average molecular weight is 422 g/mol. The number of fused-ring (bicyclic) bond motifs is 1. The molecular formula is C21H18N4O4S. The predicted molar refractivity (Wildman–Crippen MR) is 115 cm³/mol. The molecule has 0 aliphatic heterocycles. The second kappa shape index (κ2) is 8.34. The Kier molecular flexibility index (Phi) is 5.44. The number of ether oxygens (including phenoxy) is 3. The largest absolute Gasteiger partial charge is 0.493 e. The first kappa shape index (κ1) is 19.6. The number of benzene rings is 2. The Balaban J connectivity index is 1.87. The van der Waals surface area contributed by atoms with Gasteiger partial charge in [-0.1, -0.05) is 29.5 Å². The van der Waals surface area contributed by atoms with Gasteiger partial charge in [0.25, 0.3) is 5.91 Å². The molecule has 0 saturated carbocycles. The number of pyridine rings is 1. The van der Waals surface area contributed by atoms with Gasteiger partial charge in [-0.15, -0.1) is 10.2 Å². The van der Waals surface area contributed by atoms with Gasteiger partial charge in [-0.25, -0.2) is 4.98 Å². The van der Waals surface area contributed by atoms with Crippen LogP contribution in [0.25, 0.3) is 22.2 Å². The number of hydrogen-bond acceptors (Lipinski definition) is 8. The van der Waals surface area contributed by atoms with Crippen molar-refractivity contribution in [1.29, 1.82) is 0 Å². The minimum atomic E-state index is -0.293. The molecule has 0 fully saturated rings. The first-order chi connectivity index (χ1) is 14.6. The molecule has 30 heavy (non-hydrogen) atoms. The van der Waals surface area contributed by atoms with Gasteiger partial charge in [-0.3, -0.25) is 10.1 Å². The third-order valence-corrected chi connectivity index (χ3v) is 5.11. The van der Waals surface area contributed by atoms with E-state index in [4.69, 9.17) is 19.2 Å². The van der Waals surface area contributed by atoms with Gasteiger partial charge in [0.15, 0.2) is 11.5 Å². The van der Waals surface area contributed by atoms with E-state index in [-0.39, 0.29) is 5.91 Å². The lowest BCUT2D eigenvalue weighted by molar-refractivity contribution is 0.102. The summed E-state index contributed by atoms with van der Waals surface area (Å²) in [4.78, 5) is 17.7. The molecule has 0 saturated heterocycles. The number of carbonyl (C=O) groups excluding carboxylic acids is 1. The molecule has 2 aromatic carbocycles. The number of nitrogens with zero attached hydrogens (tertiary/aromatic N) is 3. The summed E-state index contributed by atoms with van der Waals surface area (Å²) in [6.45, 7) is 0. The Labute approximate surface area is 176 Å². The van der Waals surface area contributed by atoms with E-state index in [2.05, 4.69) is 15.5 Å². The number of aromatic nitrogens is 3. The molecule has 0 spiro atoms. The van der Waals surface area contributed by atoms with Crippen LogP contribution in [0.4, 0.5) is 5.13 Å². The highest BCUT2D eigenvalue weighted by atomic mass is 32.1. The maximum atomic E-state index is 13.0. The summed E-state index contributed by atoms with van der Waals surface area (Å²) in [5.41, 5.74) is 4.03. The van der Waals surface area contributed by atoms with Crippen molar-refractivity contribution < 1.29 is 19.0 Å². The van der Waals surface area contributed by atoms with Crippen LogP contribution in [0.15, 0.2) is 48.0 Å². The van der Waals surface area contributed by atoms with E-state index >= 15 is 0 Å². The molecule has 0 aliphatic rings. The van der Waals surface area contributed by atoms with Gasteiger partial charge in [0.1, 0.15) is 5.51 Å². The number of hydrogen-bond donors (Lipinski definition) is 1. The van der Waals surface area contributed by atoms with Gasteiger partial charge >= 0.3 is 0 Å². The van der Waals surface area contributed by atoms with Crippen LogP contribution >= 0.6 is 11.3 Å². The highest BCUT2D eigenvalue weighted by Crippen LogP contribution is 2.41. The number of nitrogens with one attached hydrogen (secondary N) is 1. The molecule has 9 heteroatoms. The fourth-order valence-electron chi connectivity index (χ4n) is 3.13. The Hall–Kier alpha value is -3.72. The van der Waals surface area contributed by atoms with E-state index in [1.807, 2.05) is 24.3 Å². The monoisotopic (exact) mass is 422 g/mol. The van der Waals surface area contributed by atoms with E-state index in [1.165, 1.54) is 11.3 Å². The minimum absolute atomic E-state index is 0.293. The molecule has 4 rings (SSSR count). The van der Waals surface area contributed by atoms with Crippen LogP contribution in [0.1, 0.15) is 10.4 Å². The summed E-state index contributed by atoms with van der Waals surface area (Å²) in [7, 11) is 4.65. The summed E-state index contributed by atoms with van der Waals surface area (Å²) >= 11 is 1.25. The molecule has 8 nitrogen and oxygen atoms in total. The highest BCUT2D eigenvalue weighted by molar-refractivity contribution is 7.13. The van der Waals surface area contributed by atoms with E-state index in [1.54, 1.807) is 45.0 Å². The van der Waals surface area contributed by atoms with Gasteiger partial charge in [-0.05, 0) is 24.3 Å². The zero-order valence-corrected chi connectivity index (χ0v) is 17.3. The summed E-state index contributed by atoms with van der Waals surface area (Å²) < 4.78 is 16.3. The van der Waals surface area contributed by atoms with Crippen LogP contribution in [-0.4, -0.2) is 42.4 Å². The lowest BCUT2D eigenvalue weighted by Crippen LogP contribution is -2.13. The lowest BCUT2D eigenvalue weighted by Gasteiger charge is -2.15. The Morgan fingerprint density at radius 2 is 1.73 bits per heavy atom. The van der Waals surface area contributed by atoms with Crippen molar-refractivity contribution in [1.82, 2.24) is 15.2 Å². The summed E-state index contributed by atoms with van der Waals surface area (Å²) in [5.74, 6) is 1.20. The van der Waals surface area contributed by atoms with Gasteiger partial charge in [-0.2, -0.15) is 0 Å². The van der Waals surface area contributed by atoms with Crippen LogP contribution in [0, 0.1) is 0 Å². The van der Waals surface area contributed by atoms with Gasteiger partial charge in [0.2, 0.25) is 10.9 Å². The normalized spacial score (nSPS) is 10.6. The first-order valence-corrected chi connectivity index (χ1v) is 9.80. The van der Waals surface area contributed by atoms with Crippen molar-refractivity contribution in [3.63, 3.8) is 0 Å². The number of rotatable bonds is 6. The zero-order chi connectivity index (χ0) is 21.1. The summed E-state index contributed by atoms with van der Waals surface area (Å²) in [6, 6.07) is 12.8. The van der Waals surface area contributed by atoms with E-state index in [0.29, 0.717) is 39.2 Å². The molecule has 0 aliphatic carbocycles. The Bertz CT molecular complexity index is 1190. The van der Waals surface area contributed by atoms with Gasteiger partial charge < -0.3 is 14.2 Å². The minimum Gasteiger partial charge on any atom is -0.493 e. The SMILES string of the molecule is COc1cc(-c2cc(C(=O)Nc3nncs3)c3ccccc3n2)cc(OC)c1OC. The second-order valence-electron chi connectivity index (χ2n) is 6.18. The molecule has 2 heterocycles. The van der Waals surface area contributed by atoms with Gasteiger partial charge in [0, 0.05) is 10.9 Å². The van der Waals surface area contributed by atoms with Crippen molar-refractivity contribution in [2.24, 2.45) is 0 Å². The summed E-state index contributed by atoms with van der Waals surface area (Å²) in [5, 5.41) is 11.6. The van der Waals surface area contributed by atoms with Gasteiger partial charge in [0.05, 0.1) is 38.1 Å². The number of anilines is 1. The van der Waals surface area contributed by atoms with Crippen LogP contribution in [0.3, 0.4) is 0 Å². The Morgan fingerprint density at radius 3 is 2.37 bits per heavy atom. The molecule has 152 valence electrons. The molecular weight excluding hydrogens is 404 g/mol. The molecule has 4 aromatic rings. The molecule has 0 atom stereocenters. The second-order valence-corrected chi connectivity index (χ2v) is 7.02. The van der Waals surface area contributed by atoms with Crippen LogP contribution in [0.5, 0.6) is 17.2 Å². The molecule has 1 N–H and O–H groups in total. The van der Waals surface area contributed by atoms with E-state index < -0.39 is 0 Å². The Morgan fingerprint density at radius 1 is 1.00 bits per heavy atom. The number of amides is 1. The maximum Gasteiger partial charge on any atom is 0.258 e. The maximum absolute atomic E-state index is 13.0. The van der Waals surface area contributed by atoms with Crippen molar-refractivity contribution >= 4 is 33.3 Å². The quantitative estimate of drug-likeness (QED) is 0.501. The van der Waals surface area contributed by atoms with Crippen molar-refractivity contribution in [2.45, 2.75) is 0 Å². The zero-order valence-electron chi connectivity index (χ0n) is 16.5. The van der Waals surface area contributed by atoms with Crippen LogP contribution in [-0.2, 0) is 0 Å². The molecule has 2 aromatic heterocycles. The number of para-hydroxylation sites is 1. The lowest BCUT2D eigenvalue weighted by atomic mass is 10.0. The topological polar surface area (TPSA) is 95.5 Å². The smallest absolute Gasteiger partial charge is 0.258 e. The van der Waals surface area contributed by atoms with E-state index in [9.17, 15) is 4.79 Å². The molecule has 0 bridgehead atoms. The van der Waals surface area contributed by atoms with Crippen molar-refractivity contribution in [2.75, 3.05) is 26.6 Å². The molecule has 1 amide bonds. The third-order valence-electron chi connectivity index (χ3n) is 4.50. The molecule has 0 radical (unpaired) electrons. The highest BCUT2D eigenvalue weighted by Gasteiger charge is 2.18. The number of methoxy groups -OCH3 is 3. The van der Waals surface area contributed by atoms with Crippen LogP contribution < -0.4 is 19.5 Å². The van der Waals surface area contributed by atoms with Crippen molar-refractivity contribution in [3.8, 4) is 28.5 Å². The van der Waals surface area contributed by atoms with Crippen molar-refractivity contribution in [3.05, 3.63) is 53.5 Å². The average Bonchev–Trinajstić information content (AvgIpc) is 3.30. The fraction of sp³-hybridized carbons (Fsp3) is 0.143. The third kappa shape index (κ3) is 3.62. The van der Waals surface area contributed by atoms with E-state index in [0.717, 1.165) is 10.9 Å². The summed E-state index contributed by atoms with van der Waals surface area (Å²) in [6.07, 6.45) is 0. The fourth-order valence-corrected chi connectivity index (χ4v) is 3.57. The predicted octanol–water partition coefficient (Wildman–Crippen LogP) is 4.03. The molecule has 0 unspecified atom stereocenters. The van der Waals surface area contributed by atoms with Crippen LogP contribution in [0.2, 0.25) is 0 Å². The first-order valence-electron chi connectivity index (χ1n) is 8.92. The standard InChI is InChI=1S/C21H18N4O4S/c1-27-17-8-12(9-18(28-2)19(17)29-3)16-10-14(13-6-4-5-7-15(13)23-16)20(26)24-21-25-22-11-30-21/h4-11H,1-3H3,(H,24,25,26).